The highest BCUT2D eigenvalue weighted by Crippen LogP contribution is 2.42. The van der Waals surface area contributed by atoms with Gasteiger partial charge in [-0.25, -0.2) is 0 Å². The van der Waals surface area contributed by atoms with Crippen LogP contribution in [0.4, 0.5) is 0 Å². The van der Waals surface area contributed by atoms with Crippen LogP contribution in [0.3, 0.4) is 0 Å². The summed E-state index contributed by atoms with van der Waals surface area (Å²) >= 11 is 0. The Morgan fingerprint density at radius 3 is 3.00 bits per heavy atom. The Bertz CT molecular complexity index is 371. The summed E-state index contributed by atoms with van der Waals surface area (Å²) in [7, 11) is 1.60. The topological polar surface area (TPSA) is 35.5 Å². The second-order valence-corrected chi connectivity index (χ2v) is 3.43. The molecule has 0 aromatic heterocycles. The van der Waals surface area contributed by atoms with Gasteiger partial charge in [0.2, 0.25) is 0 Å². The molecule has 0 N–H and O–H groups in total. The van der Waals surface area contributed by atoms with Gasteiger partial charge < -0.3 is 9.47 Å². The van der Waals surface area contributed by atoms with E-state index in [1.807, 2.05) is 6.92 Å². The van der Waals surface area contributed by atoms with E-state index < -0.39 is 0 Å². The smallest absolute Gasteiger partial charge is 0.165 e. The van der Waals surface area contributed by atoms with Crippen molar-refractivity contribution in [2.45, 2.75) is 12.8 Å². The van der Waals surface area contributed by atoms with Gasteiger partial charge in [-0.1, -0.05) is 6.92 Å². The molecule has 0 radical (unpaired) electrons. The monoisotopic (exact) mass is 192 g/mol. The van der Waals surface area contributed by atoms with Crippen LogP contribution >= 0.6 is 0 Å². The average Bonchev–Trinajstić information content (AvgIpc) is 2.60. The standard InChI is InChI=1S/C11H12O3/c1-7-6-14-11-9(13-2)4-3-8(5-12)10(7)11/h3-5,7H,6H2,1-2H3. The van der Waals surface area contributed by atoms with Gasteiger partial charge in [-0.3, -0.25) is 4.79 Å². The predicted octanol–water partition coefficient (Wildman–Crippen LogP) is 2.00. The normalized spacial score (nSPS) is 18.6. The first-order chi connectivity index (χ1) is 6.77. The van der Waals surface area contributed by atoms with Crippen LogP contribution in [0.1, 0.15) is 28.8 Å². The molecule has 1 aliphatic heterocycles. The zero-order valence-electron chi connectivity index (χ0n) is 8.24. The van der Waals surface area contributed by atoms with Crippen molar-refractivity contribution in [3.05, 3.63) is 23.3 Å². The number of rotatable bonds is 2. The second kappa shape index (κ2) is 3.33. The van der Waals surface area contributed by atoms with Crippen LogP contribution in [-0.2, 0) is 0 Å². The molecule has 1 heterocycles. The number of hydrogen-bond donors (Lipinski definition) is 0. The molecule has 0 aliphatic carbocycles. The van der Waals surface area contributed by atoms with Crippen LogP contribution in [0.25, 0.3) is 0 Å². The lowest BCUT2D eigenvalue weighted by atomic mass is 9.98. The van der Waals surface area contributed by atoms with Crippen LogP contribution in [0.5, 0.6) is 11.5 Å². The quantitative estimate of drug-likeness (QED) is 0.672. The molecule has 0 spiro atoms. The predicted molar refractivity (Wildman–Crippen MR) is 52.3 cm³/mol. The summed E-state index contributed by atoms with van der Waals surface area (Å²) in [6.45, 7) is 2.66. The molecule has 3 nitrogen and oxygen atoms in total. The van der Waals surface area contributed by atoms with Crippen molar-refractivity contribution in [2.24, 2.45) is 0 Å². The van der Waals surface area contributed by atoms with Crippen LogP contribution < -0.4 is 9.47 Å². The van der Waals surface area contributed by atoms with Crippen molar-refractivity contribution in [1.82, 2.24) is 0 Å². The number of carbonyl (C=O) groups is 1. The summed E-state index contributed by atoms with van der Waals surface area (Å²) in [5.74, 6) is 1.69. The maximum absolute atomic E-state index is 10.8. The lowest BCUT2D eigenvalue weighted by molar-refractivity contribution is 0.112. The van der Waals surface area contributed by atoms with E-state index in [0.717, 1.165) is 17.6 Å². The molecule has 1 aromatic carbocycles. The lowest BCUT2D eigenvalue weighted by Gasteiger charge is -2.08. The zero-order chi connectivity index (χ0) is 10.1. The van der Waals surface area contributed by atoms with Crippen LogP contribution in [0.15, 0.2) is 12.1 Å². The van der Waals surface area contributed by atoms with Gasteiger partial charge in [-0.2, -0.15) is 0 Å². The SMILES string of the molecule is COc1ccc(C=O)c2c1OCC2C. The Balaban J connectivity index is 2.62. The fraction of sp³-hybridized carbons (Fsp3) is 0.364. The molecule has 0 amide bonds. The summed E-state index contributed by atoms with van der Waals surface area (Å²) in [5.41, 5.74) is 1.67. The maximum atomic E-state index is 10.8. The third-order valence-electron chi connectivity index (χ3n) is 2.51. The summed E-state index contributed by atoms with van der Waals surface area (Å²) in [6.07, 6.45) is 0.865. The van der Waals surface area contributed by atoms with Gasteiger partial charge in [-0.05, 0) is 12.1 Å². The Morgan fingerprint density at radius 2 is 2.36 bits per heavy atom. The number of fused-ring (bicyclic) bond motifs is 1. The summed E-state index contributed by atoms with van der Waals surface area (Å²) in [4.78, 5) is 10.8. The Morgan fingerprint density at radius 1 is 1.57 bits per heavy atom. The number of carbonyl (C=O) groups excluding carboxylic acids is 1. The van der Waals surface area contributed by atoms with Gasteiger partial charge in [0.1, 0.15) is 6.29 Å². The van der Waals surface area contributed by atoms with Gasteiger partial charge in [0.25, 0.3) is 0 Å². The second-order valence-electron chi connectivity index (χ2n) is 3.43. The molecule has 2 rings (SSSR count). The molecule has 0 saturated carbocycles. The van der Waals surface area contributed by atoms with Gasteiger partial charge in [-0.15, -0.1) is 0 Å². The summed E-state index contributed by atoms with van der Waals surface area (Å²) in [5, 5.41) is 0. The third kappa shape index (κ3) is 1.16. The van der Waals surface area contributed by atoms with Gasteiger partial charge in [0, 0.05) is 17.0 Å². The van der Waals surface area contributed by atoms with E-state index in [-0.39, 0.29) is 5.92 Å². The van der Waals surface area contributed by atoms with Crippen molar-refractivity contribution in [3.8, 4) is 11.5 Å². The third-order valence-corrected chi connectivity index (χ3v) is 2.51. The van der Waals surface area contributed by atoms with Crippen LogP contribution in [0, 0.1) is 0 Å². The first-order valence-corrected chi connectivity index (χ1v) is 4.56. The first-order valence-electron chi connectivity index (χ1n) is 4.56. The van der Waals surface area contributed by atoms with E-state index in [4.69, 9.17) is 9.47 Å². The Labute approximate surface area is 82.6 Å². The number of aldehydes is 1. The molecule has 3 heteroatoms. The molecule has 1 unspecified atom stereocenters. The van der Waals surface area contributed by atoms with E-state index in [1.165, 1.54) is 0 Å². The summed E-state index contributed by atoms with van der Waals surface area (Å²) < 4.78 is 10.7. The molecule has 0 saturated heterocycles. The van der Waals surface area contributed by atoms with E-state index in [9.17, 15) is 4.79 Å². The first kappa shape index (κ1) is 9.06. The molecular weight excluding hydrogens is 180 g/mol. The van der Waals surface area contributed by atoms with Crippen molar-refractivity contribution >= 4 is 6.29 Å². The van der Waals surface area contributed by atoms with E-state index in [0.29, 0.717) is 17.9 Å². The minimum atomic E-state index is 0.264. The Kier molecular flexibility index (Phi) is 2.15. The molecule has 14 heavy (non-hydrogen) atoms. The van der Waals surface area contributed by atoms with Gasteiger partial charge in [0.05, 0.1) is 13.7 Å². The van der Waals surface area contributed by atoms with Crippen molar-refractivity contribution < 1.29 is 14.3 Å². The van der Waals surface area contributed by atoms with Crippen LogP contribution in [0.2, 0.25) is 0 Å². The molecule has 0 bridgehead atoms. The number of benzene rings is 1. The van der Waals surface area contributed by atoms with Crippen molar-refractivity contribution in [2.75, 3.05) is 13.7 Å². The highest BCUT2D eigenvalue weighted by molar-refractivity contribution is 5.81. The number of ether oxygens (including phenoxy) is 2. The molecular formula is C11H12O3. The fourth-order valence-corrected chi connectivity index (χ4v) is 1.81. The molecule has 1 aromatic rings. The maximum Gasteiger partial charge on any atom is 0.165 e. The largest absolute Gasteiger partial charge is 0.493 e. The molecule has 74 valence electrons. The average molecular weight is 192 g/mol. The zero-order valence-corrected chi connectivity index (χ0v) is 8.24. The number of methoxy groups -OCH3 is 1. The van der Waals surface area contributed by atoms with E-state index in [2.05, 4.69) is 0 Å². The molecule has 1 aliphatic rings. The minimum Gasteiger partial charge on any atom is -0.493 e. The highest BCUT2D eigenvalue weighted by atomic mass is 16.5. The molecule has 1 atom stereocenters. The lowest BCUT2D eigenvalue weighted by Crippen LogP contribution is -1.96. The van der Waals surface area contributed by atoms with Gasteiger partial charge >= 0.3 is 0 Å². The number of hydrogen-bond acceptors (Lipinski definition) is 3. The van der Waals surface area contributed by atoms with Gasteiger partial charge in [0.15, 0.2) is 11.5 Å². The van der Waals surface area contributed by atoms with E-state index >= 15 is 0 Å². The van der Waals surface area contributed by atoms with Crippen molar-refractivity contribution in [1.29, 1.82) is 0 Å². The highest BCUT2D eigenvalue weighted by Gasteiger charge is 2.26. The van der Waals surface area contributed by atoms with Crippen LogP contribution in [-0.4, -0.2) is 20.0 Å². The minimum absolute atomic E-state index is 0.264. The van der Waals surface area contributed by atoms with E-state index in [1.54, 1.807) is 19.2 Å². The molecule has 0 fully saturated rings. The fourth-order valence-electron chi connectivity index (χ4n) is 1.81. The Hall–Kier alpha value is -1.51. The summed E-state index contributed by atoms with van der Waals surface area (Å²) in [6, 6.07) is 3.54. The van der Waals surface area contributed by atoms with Crippen molar-refractivity contribution in [3.63, 3.8) is 0 Å².